The Balaban J connectivity index is 1.32. The molecule has 0 amide bonds. The molecule has 2 N–H and O–H groups in total. The monoisotopic (exact) mass is 357 g/mol. The molecule has 5 heteroatoms. The number of aryl methyl sites for hydroxylation is 4. The Hall–Kier alpha value is -1.69. The van der Waals surface area contributed by atoms with Gasteiger partial charge in [0, 0.05) is 18.8 Å². The summed E-state index contributed by atoms with van der Waals surface area (Å²) in [5, 5.41) is 18.0. The van der Waals surface area contributed by atoms with Gasteiger partial charge < -0.3 is 15.2 Å². The lowest BCUT2D eigenvalue weighted by Crippen LogP contribution is -2.32. The predicted molar refractivity (Wildman–Crippen MR) is 103 cm³/mol. The Kier molecular flexibility index (Phi) is 6.83. The lowest BCUT2D eigenvalue weighted by atomic mass is 9.89. The predicted octanol–water partition coefficient (Wildman–Crippen LogP) is 2.93. The van der Waals surface area contributed by atoms with Gasteiger partial charge in [0.25, 0.3) is 0 Å². The molecule has 0 saturated heterocycles. The number of nitrogens with zero attached hydrogens (tertiary/aromatic N) is 2. The standard InChI is InChI=1S/C21H31N3O2/c1-16-13-17(2)24(23-16)12-6-11-22-14-19(25)15-26-21-10-5-8-18-7-3-4-9-20(18)21/h3-4,7,9,13,19,21-22,25H,5-6,8,10-12,14-15H2,1-2H3/t19-,21+/m1/s1. The number of ether oxygens (including phenoxy) is 1. The number of rotatable bonds is 9. The second kappa shape index (κ2) is 9.31. The van der Waals surface area contributed by atoms with Gasteiger partial charge in [-0.25, -0.2) is 0 Å². The minimum absolute atomic E-state index is 0.126. The lowest BCUT2D eigenvalue weighted by molar-refractivity contribution is -0.0166. The number of aliphatic hydroxyl groups is 1. The number of benzene rings is 1. The van der Waals surface area contributed by atoms with Crippen LogP contribution < -0.4 is 5.32 Å². The Labute approximate surface area is 156 Å². The highest BCUT2D eigenvalue weighted by atomic mass is 16.5. The molecule has 0 aliphatic heterocycles. The smallest absolute Gasteiger partial charge is 0.0897 e. The molecule has 26 heavy (non-hydrogen) atoms. The van der Waals surface area contributed by atoms with E-state index in [0.29, 0.717) is 13.2 Å². The molecule has 0 bridgehead atoms. The maximum atomic E-state index is 10.2. The van der Waals surface area contributed by atoms with E-state index in [0.717, 1.165) is 44.5 Å². The highest BCUT2D eigenvalue weighted by Crippen LogP contribution is 2.32. The molecule has 5 nitrogen and oxygen atoms in total. The number of hydrogen-bond donors (Lipinski definition) is 2. The van der Waals surface area contributed by atoms with Gasteiger partial charge in [0.1, 0.15) is 0 Å². The fourth-order valence-corrected chi connectivity index (χ4v) is 3.69. The Morgan fingerprint density at radius 1 is 1.35 bits per heavy atom. The molecule has 0 spiro atoms. The van der Waals surface area contributed by atoms with Crippen LogP contribution >= 0.6 is 0 Å². The van der Waals surface area contributed by atoms with Gasteiger partial charge in [-0.05, 0) is 63.3 Å². The maximum Gasteiger partial charge on any atom is 0.0897 e. The number of aromatic nitrogens is 2. The zero-order chi connectivity index (χ0) is 18.4. The number of aliphatic hydroxyl groups excluding tert-OH is 1. The van der Waals surface area contributed by atoms with Crippen LogP contribution in [0.3, 0.4) is 0 Å². The fourth-order valence-electron chi connectivity index (χ4n) is 3.69. The van der Waals surface area contributed by atoms with Crippen molar-refractivity contribution in [2.24, 2.45) is 0 Å². The third kappa shape index (κ3) is 5.16. The van der Waals surface area contributed by atoms with Crippen molar-refractivity contribution in [1.29, 1.82) is 0 Å². The molecule has 2 aromatic rings. The number of fused-ring (bicyclic) bond motifs is 1. The van der Waals surface area contributed by atoms with Crippen LogP contribution in [0.2, 0.25) is 0 Å². The first kappa shape index (κ1) is 19.1. The molecule has 0 unspecified atom stereocenters. The molecule has 1 aromatic carbocycles. The van der Waals surface area contributed by atoms with E-state index in [1.54, 1.807) is 0 Å². The van der Waals surface area contributed by atoms with Crippen molar-refractivity contribution in [3.63, 3.8) is 0 Å². The quantitative estimate of drug-likeness (QED) is 0.678. The van der Waals surface area contributed by atoms with Crippen LogP contribution in [0.5, 0.6) is 0 Å². The Morgan fingerprint density at radius 3 is 3.00 bits per heavy atom. The first-order chi connectivity index (χ1) is 12.6. The van der Waals surface area contributed by atoms with Crippen molar-refractivity contribution in [2.45, 2.75) is 58.3 Å². The van der Waals surface area contributed by atoms with Crippen LogP contribution in [0.4, 0.5) is 0 Å². The van der Waals surface area contributed by atoms with Gasteiger partial charge in [0.05, 0.1) is 24.5 Å². The summed E-state index contributed by atoms with van der Waals surface area (Å²) in [5.41, 5.74) is 4.94. The SMILES string of the molecule is Cc1cc(C)n(CCCNC[C@@H](O)CO[C@H]2CCCc3ccccc32)n1. The molecular formula is C21H31N3O2. The van der Waals surface area contributed by atoms with Crippen LogP contribution in [-0.2, 0) is 17.7 Å². The topological polar surface area (TPSA) is 59.3 Å². The average molecular weight is 357 g/mol. The summed E-state index contributed by atoms with van der Waals surface area (Å²) < 4.78 is 8.05. The van der Waals surface area contributed by atoms with Crippen molar-refractivity contribution in [3.05, 3.63) is 52.8 Å². The molecular weight excluding hydrogens is 326 g/mol. The zero-order valence-electron chi connectivity index (χ0n) is 15.9. The van der Waals surface area contributed by atoms with Crippen LogP contribution in [0.1, 0.15) is 47.9 Å². The van der Waals surface area contributed by atoms with E-state index in [4.69, 9.17) is 4.74 Å². The summed E-state index contributed by atoms with van der Waals surface area (Å²) >= 11 is 0. The molecule has 142 valence electrons. The Bertz CT molecular complexity index is 698. The van der Waals surface area contributed by atoms with E-state index in [9.17, 15) is 5.11 Å². The molecule has 1 aromatic heterocycles. The van der Waals surface area contributed by atoms with E-state index < -0.39 is 6.10 Å². The number of nitrogens with one attached hydrogen (secondary N) is 1. The van der Waals surface area contributed by atoms with Crippen molar-refractivity contribution in [3.8, 4) is 0 Å². The van der Waals surface area contributed by atoms with Gasteiger partial charge in [0.2, 0.25) is 0 Å². The molecule has 3 rings (SSSR count). The summed E-state index contributed by atoms with van der Waals surface area (Å²) in [6.07, 6.45) is 3.97. The third-order valence-corrected chi connectivity index (χ3v) is 5.01. The van der Waals surface area contributed by atoms with E-state index in [1.165, 1.54) is 16.8 Å². The minimum atomic E-state index is -0.474. The molecule has 1 aliphatic carbocycles. The summed E-state index contributed by atoms with van der Waals surface area (Å²) in [5.74, 6) is 0. The Morgan fingerprint density at radius 2 is 2.19 bits per heavy atom. The van der Waals surface area contributed by atoms with Gasteiger partial charge in [-0.15, -0.1) is 0 Å². The normalized spacial score (nSPS) is 17.9. The van der Waals surface area contributed by atoms with Crippen molar-refractivity contribution < 1.29 is 9.84 Å². The molecule has 0 saturated carbocycles. The van der Waals surface area contributed by atoms with Crippen LogP contribution in [-0.4, -0.2) is 40.7 Å². The van der Waals surface area contributed by atoms with E-state index >= 15 is 0 Å². The van der Waals surface area contributed by atoms with Gasteiger partial charge in [0.15, 0.2) is 0 Å². The zero-order valence-corrected chi connectivity index (χ0v) is 15.9. The average Bonchev–Trinajstić information content (AvgIpc) is 2.97. The molecule has 0 radical (unpaired) electrons. The van der Waals surface area contributed by atoms with Crippen molar-refractivity contribution in [1.82, 2.24) is 15.1 Å². The van der Waals surface area contributed by atoms with E-state index in [1.807, 2.05) is 11.6 Å². The first-order valence-corrected chi connectivity index (χ1v) is 9.72. The maximum absolute atomic E-state index is 10.2. The van der Waals surface area contributed by atoms with Gasteiger partial charge in [-0.2, -0.15) is 5.10 Å². The van der Waals surface area contributed by atoms with Crippen molar-refractivity contribution in [2.75, 3.05) is 19.7 Å². The molecule has 1 heterocycles. The first-order valence-electron chi connectivity index (χ1n) is 9.72. The van der Waals surface area contributed by atoms with Crippen LogP contribution in [0, 0.1) is 13.8 Å². The lowest BCUT2D eigenvalue weighted by Gasteiger charge is -2.26. The van der Waals surface area contributed by atoms with E-state index in [2.05, 4.69) is 47.7 Å². The summed E-state index contributed by atoms with van der Waals surface area (Å²) in [6, 6.07) is 10.6. The molecule has 2 atom stereocenters. The highest BCUT2D eigenvalue weighted by molar-refractivity contribution is 5.31. The van der Waals surface area contributed by atoms with Gasteiger partial charge in [-0.1, -0.05) is 24.3 Å². The van der Waals surface area contributed by atoms with Crippen molar-refractivity contribution >= 4 is 0 Å². The van der Waals surface area contributed by atoms with Crippen LogP contribution in [0.15, 0.2) is 30.3 Å². The largest absolute Gasteiger partial charge is 0.389 e. The fraction of sp³-hybridized carbons (Fsp3) is 0.571. The molecule has 0 fully saturated rings. The molecule has 1 aliphatic rings. The number of hydrogen-bond acceptors (Lipinski definition) is 4. The second-order valence-corrected chi connectivity index (χ2v) is 7.27. The highest BCUT2D eigenvalue weighted by Gasteiger charge is 2.21. The van der Waals surface area contributed by atoms with E-state index in [-0.39, 0.29) is 6.10 Å². The summed E-state index contributed by atoms with van der Waals surface area (Å²) in [4.78, 5) is 0. The third-order valence-electron chi connectivity index (χ3n) is 5.01. The van der Waals surface area contributed by atoms with Gasteiger partial charge >= 0.3 is 0 Å². The van der Waals surface area contributed by atoms with Gasteiger partial charge in [-0.3, -0.25) is 4.68 Å². The minimum Gasteiger partial charge on any atom is -0.389 e. The summed E-state index contributed by atoms with van der Waals surface area (Å²) in [6.45, 7) is 6.80. The van der Waals surface area contributed by atoms with Crippen LogP contribution in [0.25, 0.3) is 0 Å². The second-order valence-electron chi connectivity index (χ2n) is 7.27. The summed E-state index contributed by atoms with van der Waals surface area (Å²) in [7, 11) is 0.